The molecule has 4 heteroatoms. The first-order valence-electron chi connectivity index (χ1n) is 9.49. The van der Waals surface area contributed by atoms with Gasteiger partial charge in [-0.3, -0.25) is 4.90 Å². The van der Waals surface area contributed by atoms with Gasteiger partial charge in [-0.2, -0.15) is 0 Å². The number of hydrogen-bond acceptors (Lipinski definition) is 1. The summed E-state index contributed by atoms with van der Waals surface area (Å²) in [7, 11) is 0. The quantitative estimate of drug-likeness (QED) is 0.495. The fourth-order valence-electron chi connectivity index (χ4n) is 4.33. The third-order valence-electron chi connectivity index (χ3n) is 5.57. The van der Waals surface area contributed by atoms with Gasteiger partial charge < -0.3 is 4.98 Å². The zero-order valence-electron chi connectivity index (χ0n) is 15.3. The van der Waals surface area contributed by atoms with Crippen LogP contribution in [0.1, 0.15) is 28.3 Å². The zero-order chi connectivity index (χ0) is 19.1. The normalized spacial score (nSPS) is 17.0. The largest absolute Gasteiger partial charge is 0.357 e. The van der Waals surface area contributed by atoms with Gasteiger partial charge in [0.25, 0.3) is 0 Å². The number of aromatic amines is 1. The Balaban J connectivity index is 1.60. The van der Waals surface area contributed by atoms with Crippen LogP contribution in [0.4, 0.5) is 8.78 Å². The number of halogens is 2. The average Bonchev–Trinajstić information content (AvgIpc) is 3.06. The van der Waals surface area contributed by atoms with Crippen LogP contribution in [0.25, 0.3) is 10.9 Å². The minimum atomic E-state index is -0.245. The molecule has 140 valence electrons. The van der Waals surface area contributed by atoms with Gasteiger partial charge in [0, 0.05) is 42.1 Å². The van der Waals surface area contributed by atoms with Crippen molar-refractivity contribution >= 4 is 10.9 Å². The van der Waals surface area contributed by atoms with Crippen molar-refractivity contribution < 1.29 is 8.78 Å². The van der Waals surface area contributed by atoms with Crippen LogP contribution in [-0.2, 0) is 13.1 Å². The van der Waals surface area contributed by atoms with E-state index < -0.39 is 0 Å². The monoisotopic (exact) mass is 374 g/mol. The van der Waals surface area contributed by atoms with Gasteiger partial charge in [-0.1, -0.05) is 42.5 Å². The maximum absolute atomic E-state index is 14.0. The fourth-order valence-corrected chi connectivity index (χ4v) is 4.33. The molecule has 4 aromatic rings. The first kappa shape index (κ1) is 17.1. The summed E-state index contributed by atoms with van der Waals surface area (Å²) in [6.07, 6.45) is 0. The maximum atomic E-state index is 14.0. The zero-order valence-corrected chi connectivity index (χ0v) is 15.3. The van der Waals surface area contributed by atoms with Crippen molar-refractivity contribution in [2.45, 2.75) is 19.0 Å². The van der Waals surface area contributed by atoms with Crippen molar-refractivity contribution in [1.82, 2.24) is 9.88 Å². The first-order chi connectivity index (χ1) is 13.7. The molecule has 0 amide bonds. The molecule has 1 N–H and O–H groups in total. The third-order valence-corrected chi connectivity index (χ3v) is 5.57. The fraction of sp³-hybridized carbons (Fsp3) is 0.167. The number of hydrogen-bond donors (Lipinski definition) is 1. The lowest BCUT2D eigenvalue weighted by atomic mass is 9.86. The lowest BCUT2D eigenvalue weighted by Crippen LogP contribution is -2.33. The summed E-state index contributed by atoms with van der Waals surface area (Å²) in [6, 6.07) is 21.9. The number of rotatable bonds is 3. The van der Waals surface area contributed by atoms with Crippen LogP contribution in [0.3, 0.4) is 0 Å². The predicted molar refractivity (Wildman–Crippen MR) is 107 cm³/mol. The van der Waals surface area contributed by atoms with Gasteiger partial charge in [0.05, 0.1) is 0 Å². The molecular formula is C24H20F2N2. The van der Waals surface area contributed by atoms with Crippen LogP contribution in [0.2, 0.25) is 0 Å². The van der Waals surface area contributed by atoms with Crippen molar-refractivity contribution in [3.63, 3.8) is 0 Å². The molecule has 1 aliphatic heterocycles. The van der Waals surface area contributed by atoms with Gasteiger partial charge in [-0.25, -0.2) is 8.78 Å². The van der Waals surface area contributed by atoms with E-state index in [9.17, 15) is 8.78 Å². The molecule has 0 radical (unpaired) electrons. The van der Waals surface area contributed by atoms with Gasteiger partial charge >= 0.3 is 0 Å². The Morgan fingerprint density at radius 3 is 2.43 bits per heavy atom. The molecule has 2 nitrogen and oxygen atoms in total. The van der Waals surface area contributed by atoms with E-state index in [0.29, 0.717) is 0 Å². The standard InChI is InChI=1S/C24H20F2N2/c25-18-8-6-17(7-9-18)21-14-28(13-16-4-2-1-3-5-16)15-23-24(21)20-12-19(26)10-11-22(20)27-23/h1-12,21,27H,13-15H2. The van der Waals surface area contributed by atoms with E-state index in [4.69, 9.17) is 0 Å². The van der Waals surface area contributed by atoms with Crippen molar-refractivity contribution in [1.29, 1.82) is 0 Å². The minimum Gasteiger partial charge on any atom is -0.357 e. The number of benzene rings is 3. The second-order valence-electron chi connectivity index (χ2n) is 7.47. The molecule has 1 atom stereocenters. The molecule has 28 heavy (non-hydrogen) atoms. The average molecular weight is 374 g/mol. The van der Waals surface area contributed by atoms with Crippen LogP contribution in [0.15, 0.2) is 72.8 Å². The summed E-state index contributed by atoms with van der Waals surface area (Å²) in [6.45, 7) is 2.41. The summed E-state index contributed by atoms with van der Waals surface area (Å²) in [5, 5.41) is 0.920. The van der Waals surface area contributed by atoms with Gasteiger partial charge in [0.15, 0.2) is 0 Å². The molecule has 0 saturated heterocycles. The van der Waals surface area contributed by atoms with Crippen LogP contribution >= 0.6 is 0 Å². The molecular weight excluding hydrogens is 354 g/mol. The van der Waals surface area contributed by atoms with Crippen molar-refractivity contribution in [3.8, 4) is 0 Å². The predicted octanol–water partition coefficient (Wildman–Crippen LogP) is 5.59. The van der Waals surface area contributed by atoms with Gasteiger partial charge in [0.1, 0.15) is 11.6 Å². The van der Waals surface area contributed by atoms with Crippen LogP contribution in [-0.4, -0.2) is 16.4 Å². The SMILES string of the molecule is Fc1ccc(C2CN(Cc3ccccc3)Cc3[nH]c4ccc(F)cc4c32)cc1. The van der Waals surface area contributed by atoms with E-state index in [1.165, 1.54) is 23.8 Å². The van der Waals surface area contributed by atoms with E-state index >= 15 is 0 Å². The highest BCUT2D eigenvalue weighted by molar-refractivity contribution is 5.86. The summed E-state index contributed by atoms with van der Waals surface area (Å²) in [5.41, 5.74) is 5.49. The first-order valence-corrected chi connectivity index (χ1v) is 9.49. The molecule has 2 heterocycles. The highest BCUT2D eigenvalue weighted by Gasteiger charge is 2.30. The van der Waals surface area contributed by atoms with E-state index in [0.717, 1.165) is 47.4 Å². The second kappa shape index (κ2) is 6.88. The number of H-pyrrole nitrogens is 1. The summed E-state index contributed by atoms with van der Waals surface area (Å²) < 4.78 is 27.5. The van der Waals surface area contributed by atoms with E-state index in [1.54, 1.807) is 12.1 Å². The Hall–Kier alpha value is -2.98. The molecule has 1 unspecified atom stereocenters. The number of aromatic nitrogens is 1. The third kappa shape index (κ3) is 3.10. The van der Waals surface area contributed by atoms with Crippen LogP contribution in [0, 0.1) is 11.6 Å². The molecule has 1 aliphatic rings. The Kier molecular flexibility index (Phi) is 4.21. The number of fused-ring (bicyclic) bond motifs is 3. The summed E-state index contributed by atoms with van der Waals surface area (Å²) in [5.74, 6) is -0.423. The van der Waals surface area contributed by atoms with Crippen LogP contribution < -0.4 is 0 Å². The Labute approximate surface area is 162 Å². The van der Waals surface area contributed by atoms with Crippen molar-refractivity contribution in [3.05, 3.63) is 107 Å². The molecule has 0 spiro atoms. The maximum Gasteiger partial charge on any atom is 0.123 e. The smallest absolute Gasteiger partial charge is 0.123 e. The van der Waals surface area contributed by atoms with Gasteiger partial charge in [0.2, 0.25) is 0 Å². The van der Waals surface area contributed by atoms with Gasteiger partial charge in [-0.05, 0) is 47.0 Å². The Morgan fingerprint density at radius 2 is 1.64 bits per heavy atom. The van der Waals surface area contributed by atoms with E-state index in [1.807, 2.05) is 30.3 Å². The molecule has 1 aromatic heterocycles. The van der Waals surface area contributed by atoms with E-state index in [2.05, 4.69) is 22.0 Å². The molecule has 0 bridgehead atoms. The number of nitrogens with zero attached hydrogens (tertiary/aromatic N) is 1. The Bertz CT molecular complexity index is 1120. The lowest BCUT2D eigenvalue weighted by molar-refractivity contribution is 0.230. The van der Waals surface area contributed by atoms with Crippen LogP contribution in [0.5, 0.6) is 0 Å². The van der Waals surface area contributed by atoms with Gasteiger partial charge in [-0.15, -0.1) is 0 Å². The van der Waals surface area contributed by atoms with Crippen molar-refractivity contribution in [2.24, 2.45) is 0 Å². The topological polar surface area (TPSA) is 19.0 Å². The molecule has 3 aromatic carbocycles. The lowest BCUT2D eigenvalue weighted by Gasteiger charge is -2.33. The van der Waals surface area contributed by atoms with Crippen molar-refractivity contribution in [2.75, 3.05) is 6.54 Å². The summed E-state index contributed by atoms with van der Waals surface area (Å²) in [4.78, 5) is 5.87. The molecule has 5 rings (SSSR count). The molecule has 0 saturated carbocycles. The second-order valence-corrected chi connectivity index (χ2v) is 7.47. The number of nitrogens with one attached hydrogen (secondary N) is 1. The minimum absolute atomic E-state index is 0.0589. The van der Waals surface area contributed by atoms with E-state index in [-0.39, 0.29) is 17.6 Å². The summed E-state index contributed by atoms with van der Waals surface area (Å²) >= 11 is 0. The highest BCUT2D eigenvalue weighted by atomic mass is 19.1. The molecule has 0 aliphatic carbocycles. The highest BCUT2D eigenvalue weighted by Crippen LogP contribution is 2.39. The molecule has 0 fully saturated rings. The Morgan fingerprint density at radius 1 is 0.893 bits per heavy atom.